The van der Waals surface area contributed by atoms with Crippen molar-refractivity contribution in [2.45, 2.75) is 31.7 Å². The Morgan fingerprint density at radius 2 is 2.09 bits per heavy atom. The zero-order valence-electron chi connectivity index (χ0n) is 11.8. The molecule has 2 aromatic rings. The first-order valence-corrected chi connectivity index (χ1v) is 7.10. The average Bonchev–Trinajstić information content (AvgIpc) is 3.17. The van der Waals surface area contributed by atoms with Crippen molar-refractivity contribution in [3.8, 4) is 17.5 Å². The first-order chi connectivity index (χ1) is 10.7. The van der Waals surface area contributed by atoms with Crippen molar-refractivity contribution in [2.24, 2.45) is 0 Å². The van der Waals surface area contributed by atoms with Crippen LogP contribution >= 0.6 is 0 Å². The molecule has 112 valence electrons. The van der Waals surface area contributed by atoms with Crippen LogP contribution in [0.1, 0.15) is 31.4 Å². The number of aromatic nitrogens is 1. The highest BCUT2D eigenvalue weighted by Gasteiger charge is 2.24. The van der Waals surface area contributed by atoms with Crippen LogP contribution in [0.15, 0.2) is 28.7 Å². The summed E-state index contributed by atoms with van der Waals surface area (Å²) in [6.45, 7) is 0. The predicted octanol–water partition coefficient (Wildman–Crippen LogP) is 3.48. The van der Waals surface area contributed by atoms with E-state index in [1.54, 1.807) is 18.2 Å². The average molecular weight is 298 g/mol. The molecule has 0 saturated heterocycles. The fourth-order valence-corrected chi connectivity index (χ4v) is 2.68. The summed E-state index contributed by atoms with van der Waals surface area (Å²) in [5.74, 6) is 0.381. The molecule has 1 aliphatic carbocycles. The van der Waals surface area contributed by atoms with Crippen LogP contribution in [0.5, 0.6) is 0 Å². The highest BCUT2D eigenvalue weighted by molar-refractivity contribution is 5.68. The molecule has 1 saturated carbocycles. The molecule has 1 aliphatic rings. The molecule has 0 amide bonds. The summed E-state index contributed by atoms with van der Waals surface area (Å²) in [5, 5.41) is 23.5. The number of nitro benzene ring substituents is 1. The number of nitro groups is 1. The summed E-state index contributed by atoms with van der Waals surface area (Å²) >= 11 is 0. The SMILES string of the molecule is N#Cc1nc(-c2ccccc2[N+](=O)[O-])oc1NC1CCCC1. The molecular formula is C15H14N4O3. The van der Waals surface area contributed by atoms with Gasteiger partial charge in [-0.1, -0.05) is 25.0 Å². The molecule has 1 N–H and O–H groups in total. The number of oxazole rings is 1. The molecule has 7 heteroatoms. The lowest BCUT2D eigenvalue weighted by molar-refractivity contribution is -0.384. The maximum Gasteiger partial charge on any atom is 0.282 e. The quantitative estimate of drug-likeness (QED) is 0.684. The van der Waals surface area contributed by atoms with Crippen LogP contribution in [0.25, 0.3) is 11.5 Å². The number of nitrogens with one attached hydrogen (secondary N) is 1. The maximum atomic E-state index is 11.1. The topological polar surface area (TPSA) is 105 Å². The van der Waals surface area contributed by atoms with E-state index in [2.05, 4.69) is 10.3 Å². The van der Waals surface area contributed by atoms with Crippen LogP contribution < -0.4 is 5.32 Å². The molecule has 3 rings (SSSR count). The summed E-state index contributed by atoms with van der Waals surface area (Å²) in [5.41, 5.74) is 0.296. The van der Waals surface area contributed by atoms with Crippen LogP contribution in [0.2, 0.25) is 0 Å². The van der Waals surface area contributed by atoms with Crippen molar-refractivity contribution in [1.82, 2.24) is 4.98 Å². The fraction of sp³-hybridized carbons (Fsp3) is 0.333. The molecule has 1 fully saturated rings. The van der Waals surface area contributed by atoms with Crippen molar-refractivity contribution in [3.05, 3.63) is 40.1 Å². The van der Waals surface area contributed by atoms with Gasteiger partial charge in [0.25, 0.3) is 5.69 Å². The van der Waals surface area contributed by atoms with E-state index in [1.807, 2.05) is 6.07 Å². The van der Waals surface area contributed by atoms with Crippen LogP contribution in [-0.4, -0.2) is 15.9 Å². The van der Waals surface area contributed by atoms with E-state index in [4.69, 9.17) is 4.42 Å². The molecule has 0 spiro atoms. The van der Waals surface area contributed by atoms with E-state index in [0.29, 0.717) is 5.88 Å². The lowest BCUT2D eigenvalue weighted by Gasteiger charge is -2.09. The minimum Gasteiger partial charge on any atom is -0.419 e. The Bertz CT molecular complexity index is 741. The smallest absolute Gasteiger partial charge is 0.282 e. The number of nitriles is 1. The monoisotopic (exact) mass is 298 g/mol. The van der Waals surface area contributed by atoms with Gasteiger partial charge in [0.15, 0.2) is 0 Å². The Hall–Kier alpha value is -2.88. The van der Waals surface area contributed by atoms with Gasteiger partial charge < -0.3 is 9.73 Å². The van der Waals surface area contributed by atoms with Gasteiger partial charge >= 0.3 is 0 Å². The Balaban J connectivity index is 1.97. The van der Waals surface area contributed by atoms with E-state index in [1.165, 1.54) is 6.07 Å². The van der Waals surface area contributed by atoms with Gasteiger partial charge in [-0.2, -0.15) is 10.2 Å². The summed E-state index contributed by atoms with van der Waals surface area (Å²) in [6.07, 6.45) is 4.33. The van der Waals surface area contributed by atoms with E-state index in [9.17, 15) is 15.4 Å². The molecule has 0 bridgehead atoms. The Morgan fingerprint density at radius 3 is 2.77 bits per heavy atom. The van der Waals surface area contributed by atoms with Gasteiger partial charge in [-0.25, -0.2) is 0 Å². The molecule has 0 unspecified atom stereocenters. The molecule has 7 nitrogen and oxygen atoms in total. The number of nitrogens with zero attached hydrogens (tertiary/aromatic N) is 3. The number of rotatable bonds is 4. The minimum atomic E-state index is -0.490. The van der Waals surface area contributed by atoms with Gasteiger partial charge in [-0.15, -0.1) is 0 Å². The number of anilines is 1. The van der Waals surface area contributed by atoms with E-state index in [0.717, 1.165) is 25.7 Å². The maximum absolute atomic E-state index is 11.1. The van der Waals surface area contributed by atoms with E-state index >= 15 is 0 Å². The molecule has 22 heavy (non-hydrogen) atoms. The molecule has 0 atom stereocenters. The van der Waals surface area contributed by atoms with Crippen molar-refractivity contribution in [3.63, 3.8) is 0 Å². The number of hydrogen-bond acceptors (Lipinski definition) is 6. The zero-order chi connectivity index (χ0) is 15.5. The number of para-hydroxylation sites is 1. The third-order valence-electron chi connectivity index (χ3n) is 3.75. The second-order valence-electron chi connectivity index (χ2n) is 5.21. The lowest BCUT2D eigenvalue weighted by Crippen LogP contribution is -2.14. The first-order valence-electron chi connectivity index (χ1n) is 7.10. The first kappa shape index (κ1) is 14.1. The lowest BCUT2D eigenvalue weighted by atomic mass is 10.2. The van der Waals surface area contributed by atoms with Crippen molar-refractivity contribution in [2.75, 3.05) is 5.32 Å². The van der Waals surface area contributed by atoms with Crippen LogP contribution in [0, 0.1) is 21.4 Å². The van der Waals surface area contributed by atoms with Crippen LogP contribution in [0.3, 0.4) is 0 Å². The van der Waals surface area contributed by atoms with Crippen molar-refractivity contribution in [1.29, 1.82) is 5.26 Å². The summed E-state index contributed by atoms with van der Waals surface area (Å²) in [6, 6.07) is 8.42. The third-order valence-corrected chi connectivity index (χ3v) is 3.75. The highest BCUT2D eigenvalue weighted by atomic mass is 16.6. The Labute approximate surface area is 126 Å². The Kier molecular flexibility index (Phi) is 3.74. The molecule has 0 aliphatic heterocycles. The standard InChI is InChI=1S/C15H14N4O3/c16-9-12-15(17-10-5-1-2-6-10)22-14(18-12)11-7-3-4-8-13(11)19(20)21/h3-4,7-8,10,17H,1-2,5-6H2. The zero-order valence-corrected chi connectivity index (χ0v) is 11.8. The van der Waals surface area contributed by atoms with Gasteiger partial charge in [-0.05, 0) is 18.9 Å². The van der Waals surface area contributed by atoms with Gasteiger partial charge in [-0.3, -0.25) is 10.1 Å². The third kappa shape index (κ3) is 2.63. The summed E-state index contributed by atoms with van der Waals surface area (Å²) in [7, 11) is 0. The van der Waals surface area contributed by atoms with Gasteiger partial charge in [0.1, 0.15) is 11.6 Å². The highest BCUT2D eigenvalue weighted by Crippen LogP contribution is 2.33. The number of hydrogen-bond donors (Lipinski definition) is 1. The van der Waals surface area contributed by atoms with Crippen molar-refractivity contribution < 1.29 is 9.34 Å². The second kappa shape index (κ2) is 5.85. The normalized spacial score (nSPS) is 14.7. The Morgan fingerprint density at radius 1 is 1.36 bits per heavy atom. The van der Waals surface area contributed by atoms with Crippen molar-refractivity contribution >= 4 is 11.6 Å². The molecule has 0 radical (unpaired) electrons. The predicted molar refractivity (Wildman–Crippen MR) is 79.2 cm³/mol. The second-order valence-corrected chi connectivity index (χ2v) is 5.21. The summed E-state index contributed by atoms with van der Waals surface area (Å²) in [4.78, 5) is 14.7. The van der Waals surface area contributed by atoms with Crippen LogP contribution in [0.4, 0.5) is 11.6 Å². The van der Waals surface area contributed by atoms with Crippen LogP contribution in [-0.2, 0) is 0 Å². The van der Waals surface area contributed by atoms with Gasteiger partial charge in [0, 0.05) is 12.1 Å². The fourth-order valence-electron chi connectivity index (χ4n) is 2.68. The molecule has 1 heterocycles. The van der Waals surface area contributed by atoms with Gasteiger partial charge in [0.2, 0.25) is 17.5 Å². The minimum absolute atomic E-state index is 0.0874. The largest absolute Gasteiger partial charge is 0.419 e. The van der Waals surface area contributed by atoms with E-state index < -0.39 is 4.92 Å². The molecule has 1 aromatic heterocycles. The number of benzene rings is 1. The van der Waals surface area contributed by atoms with Gasteiger partial charge in [0.05, 0.1) is 4.92 Å². The van der Waals surface area contributed by atoms with E-state index in [-0.39, 0.29) is 28.9 Å². The summed E-state index contributed by atoms with van der Waals surface area (Å²) < 4.78 is 5.60. The molecular weight excluding hydrogens is 284 g/mol. The molecule has 1 aromatic carbocycles.